The third-order valence-electron chi connectivity index (χ3n) is 5.40. The fourth-order valence-corrected chi connectivity index (χ4v) is 4.53. The van der Waals surface area contributed by atoms with Gasteiger partial charge in [0.1, 0.15) is 8.07 Å². The summed E-state index contributed by atoms with van der Waals surface area (Å²) in [6.45, 7) is 24.3. The molecule has 0 aromatic heterocycles. The minimum Gasteiger partial charge on any atom is -0.295 e. The molecule has 0 aromatic rings. The highest BCUT2D eigenvalue weighted by molar-refractivity contribution is 6.90. The molecule has 0 heterocycles. The van der Waals surface area contributed by atoms with Crippen LogP contribution in [0.3, 0.4) is 0 Å². The second-order valence-corrected chi connectivity index (χ2v) is 19.4. The SMILES string of the molecule is CC(=O)/C(=C\C#C[Si](C)(C)C(C)(C)C)[Si](C)(C)C(C)(C)C. The standard InChI is InChI=1S/C18H34OSi2/c1-15(19)16(21(10,11)18(5,6)7)13-12-14-20(8,9)17(2,3)4/h13H,1-11H3/b16-13+. The van der Waals surface area contributed by atoms with Gasteiger partial charge in [0, 0.05) is 0 Å². The summed E-state index contributed by atoms with van der Waals surface area (Å²) >= 11 is 0. The highest BCUT2D eigenvalue weighted by atomic mass is 28.3. The van der Waals surface area contributed by atoms with Gasteiger partial charge in [0.2, 0.25) is 0 Å². The molecule has 1 nitrogen and oxygen atoms in total. The summed E-state index contributed by atoms with van der Waals surface area (Å²) in [5, 5.41) is 1.38. The van der Waals surface area contributed by atoms with Crippen LogP contribution in [0, 0.1) is 11.5 Å². The van der Waals surface area contributed by atoms with Gasteiger partial charge in [0.25, 0.3) is 0 Å². The van der Waals surface area contributed by atoms with Crippen LogP contribution in [0.25, 0.3) is 0 Å². The smallest absolute Gasteiger partial charge is 0.152 e. The molecule has 0 saturated heterocycles. The van der Waals surface area contributed by atoms with Gasteiger partial charge in [-0.2, -0.15) is 0 Å². The van der Waals surface area contributed by atoms with Crippen molar-refractivity contribution in [1.82, 2.24) is 0 Å². The normalized spacial score (nSPS) is 14.5. The van der Waals surface area contributed by atoms with Gasteiger partial charge in [-0.3, -0.25) is 4.79 Å². The molecule has 0 rings (SSSR count). The minimum absolute atomic E-state index is 0.156. The van der Waals surface area contributed by atoms with Crippen molar-refractivity contribution >= 4 is 21.9 Å². The predicted octanol–water partition coefficient (Wildman–Crippen LogP) is 5.60. The van der Waals surface area contributed by atoms with Crippen LogP contribution < -0.4 is 0 Å². The van der Waals surface area contributed by atoms with Crippen LogP contribution in [-0.2, 0) is 4.79 Å². The Labute approximate surface area is 134 Å². The maximum atomic E-state index is 12.1. The molecule has 120 valence electrons. The Morgan fingerprint density at radius 3 is 1.62 bits per heavy atom. The third-order valence-corrected chi connectivity index (χ3v) is 15.5. The van der Waals surface area contributed by atoms with Gasteiger partial charge >= 0.3 is 0 Å². The fourth-order valence-electron chi connectivity index (χ4n) is 1.60. The average Bonchev–Trinajstić information content (AvgIpc) is 2.19. The molecule has 0 bridgehead atoms. The molecule has 0 unspecified atom stereocenters. The Balaban J connectivity index is 5.75. The van der Waals surface area contributed by atoms with Crippen LogP contribution in [0.15, 0.2) is 11.3 Å². The van der Waals surface area contributed by atoms with Crippen LogP contribution in [0.2, 0.25) is 36.3 Å². The molecule has 0 aromatic carbocycles. The monoisotopic (exact) mass is 322 g/mol. The maximum Gasteiger partial charge on any atom is 0.152 e. The van der Waals surface area contributed by atoms with Gasteiger partial charge < -0.3 is 0 Å². The average molecular weight is 323 g/mol. The first-order valence-electron chi connectivity index (χ1n) is 7.78. The van der Waals surface area contributed by atoms with Crippen molar-refractivity contribution in [2.75, 3.05) is 0 Å². The van der Waals surface area contributed by atoms with E-state index in [1.807, 2.05) is 6.08 Å². The predicted molar refractivity (Wildman–Crippen MR) is 101 cm³/mol. The molecule has 0 saturated carbocycles. The fraction of sp³-hybridized carbons (Fsp3) is 0.722. The lowest BCUT2D eigenvalue weighted by atomic mass is 10.2. The number of ketones is 1. The number of carbonyl (C=O) groups excluding carboxylic acids is 1. The Hall–Kier alpha value is -0.596. The number of hydrogen-bond acceptors (Lipinski definition) is 1. The van der Waals surface area contributed by atoms with Crippen molar-refractivity contribution in [3.63, 3.8) is 0 Å². The number of rotatable bonds is 2. The zero-order valence-electron chi connectivity index (χ0n) is 16.0. The first-order valence-corrected chi connectivity index (χ1v) is 13.8. The molecule has 0 spiro atoms. The third kappa shape index (κ3) is 4.97. The van der Waals surface area contributed by atoms with E-state index in [4.69, 9.17) is 0 Å². The molecule has 0 atom stereocenters. The van der Waals surface area contributed by atoms with Crippen LogP contribution in [-0.4, -0.2) is 21.9 Å². The van der Waals surface area contributed by atoms with Gasteiger partial charge in [0.15, 0.2) is 5.78 Å². The first kappa shape index (κ1) is 20.4. The van der Waals surface area contributed by atoms with Crippen molar-refractivity contribution < 1.29 is 4.79 Å². The van der Waals surface area contributed by atoms with Crippen LogP contribution in [0.4, 0.5) is 0 Å². The summed E-state index contributed by atoms with van der Waals surface area (Å²) in [5.74, 6) is 3.44. The minimum atomic E-state index is -1.82. The Morgan fingerprint density at radius 2 is 1.33 bits per heavy atom. The first-order chi connectivity index (χ1) is 9.04. The van der Waals surface area contributed by atoms with Crippen molar-refractivity contribution in [2.45, 2.75) is 84.7 Å². The summed E-state index contributed by atoms with van der Waals surface area (Å²) in [6.07, 6.45) is 1.93. The molecular weight excluding hydrogens is 288 g/mol. The molecule has 0 amide bonds. The van der Waals surface area contributed by atoms with E-state index in [9.17, 15) is 4.79 Å². The quantitative estimate of drug-likeness (QED) is 0.367. The zero-order chi connectivity index (χ0) is 17.3. The lowest BCUT2D eigenvalue weighted by molar-refractivity contribution is -0.113. The second-order valence-electron chi connectivity index (χ2n) is 9.13. The molecule has 0 aliphatic rings. The van der Waals surface area contributed by atoms with Gasteiger partial charge in [-0.25, -0.2) is 0 Å². The summed E-state index contributed by atoms with van der Waals surface area (Å²) in [4.78, 5) is 12.1. The lowest BCUT2D eigenvalue weighted by Gasteiger charge is -2.37. The molecule has 0 fully saturated rings. The van der Waals surface area contributed by atoms with E-state index in [0.29, 0.717) is 0 Å². The highest BCUT2D eigenvalue weighted by Crippen LogP contribution is 2.41. The Morgan fingerprint density at radius 1 is 0.905 bits per heavy atom. The van der Waals surface area contributed by atoms with E-state index in [2.05, 4.69) is 79.2 Å². The molecule has 21 heavy (non-hydrogen) atoms. The van der Waals surface area contributed by atoms with E-state index < -0.39 is 16.1 Å². The van der Waals surface area contributed by atoms with Gasteiger partial charge in [-0.05, 0) is 28.3 Å². The summed E-state index contributed by atoms with van der Waals surface area (Å²) in [7, 11) is -3.43. The van der Waals surface area contributed by atoms with E-state index in [1.54, 1.807) is 6.92 Å². The number of carbonyl (C=O) groups is 1. The zero-order valence-corrected chi connectivity index (χ0v) is 18.0. The number of allylic oxidation sites excluding steroid dienone is 2. The Kier molecular flexibility index (Phi) is 6.08. The molecular formula is C18H34OSi2. The number of Topliss-reactive ketones (excluding diaryl/α,β-unsaturated/α-hetero) is 1. The van der Waals surface area contributed by atoms with E-state index >= 15 is 0 Å². The van der Waals surface area contributed by atoms with Crippen molar-refractivity contribution in [3.05, 3.63) is 11.3 Å². The molecule has 0 aliphatic carbocycles. The van der Waals surface area contributed by atoms with E-state index in [1.165, 1.54) is 0 Å². The van der Waals surface area contributed by atoms with Crippen LogP contribution in [0.1, 0.15) is 48.5 Å². The van der Waals surface area contributed by atoms with Gasteiger partial charge in [0.05, 0.1) is 8.07 Å². The topological polar surface area (TPSA) is 17.1 Å². The molecule has 0 radical (unpaired) electrons. The number of hydrogen-bond donors (Lipinski definition) is 0. The summed E-state index contributed by atoms with van der Waals surface area (Å²) in [6, 6.07) is 0. The molecule has 0 aliphatic heterocycles. The van der Waals surface area contributed by atoms with Crippen LogP contribution in [0.5, 0.6) is 0 Å². The van der Waals surface area contributed by atoms with E-state index in [-0.39, 0.29) is 15.9 Å². The van der Waals surface area contributed by atoms with Crippen molar-refractivity contribution in [3.8, 4) is 11.5 Å². The summed E-state index contributed by atoms with van der Waals surface area (Å²) < 4.78 is 0. The molecule has 0 N–H and O–H groups in total. The van der Waals surface area contributed by atoms with Crippen molar-refractivity contribution in [2.24, 2.45) is 0 Å². The largest absolute Gasteiger partial charge is 0.295 e. The maximum absolute atomic E-state index is 12.1. The Bertz CT molecular complexity index is 486. The summed E-state index contributed by atoms with van der Waals surface area (Å²) in [5.41, 5.74) is 3.49. The van der Waals surface area contributed by atoms with Gasteiger partial charge in [-0.1, -0.05) is 73.7 Å². The van der Waals surface area contributed by atoms with E-state index in [0.717, 1.165) is 5.20 Å². The molecule has 3 heteroatoms. The lowest BCUT2D eigenvalue weighted by Crippen LogP contribution is -2.42. The highest BCUT2D eigenvalue weighted by Gasteiger charge is 2.40. The van der Waals surface area contributed by atoms with Crippen LogP contribution >= 0.6 is 0 Å². The van der Waals surface area contributed by atoms with Crippen molar-refractivity contribution in [1.29, 1.82) is 0 Å². The second kappa shape index (κ2) is 6.26. The van der Waals surface area contributed by atoms with Gasteiger partial charge in [-0.15, -0.1) is 5.54 Å².